The monoisotopic (exact) mass is 252 g/mol. The standard InChI is InChI=1S/C13H17ClN2O/c14-8-3-5-11-6-4-10-16(11)13(17)12-7-1-2-9-15-12/h1-2,7,9,11H,3-6,8,10H2. The van der Waals surface area contributed by atoms with Crippen molar-refractivity contribution in [2.45, 2.75) is 31.7 Å². The lowest BCUT2D eigenvalue weighted by molar-refractivity contribution is 0.0724. The topological polar surface area (TPSA) is 33.2 Å². The van der Waals surface area contributed by atoms with Crippen molar-refractivity contribution < 1.29 is 4.79 Å². The van der Waals surface area contributed by atoms with Crippen LogP contribution in [-0.2, 0) is 0 Å². The summed E-state index contributed by atoms with van der Waals surface area (Å²) < 4.78 is 0. The van der Waals surface area contributed by atoms with Crippen molar-refractivity contribution in [1.82, 2.24) is 9.88 Å². The van der Waals surface area contributed by atoms with E-state index >= 15 is 0 Å². The third-order valence-electron chi connectivity index (χ3n) is 3.19. The molecule has 17 heavy (non-hydrogen) atoms. The molecule has 2 heterocycles. The number of hydrogen-bond donors (Lipinski definition) is 0. The number of halogens is 1. The number of amides is 1. The second kappa shape index (κ2) is 6.01. The van der Waals surface area contributed by atoms with Crippen molar-refractivity contribution in [3.05, 3.63) is 30.1 Å². The number of likely N-dealkylation sites (tertiary alicyclic amines) is 1. The number of pyridine rings is 1. The highest BCUT2D eigenvalue weighted by atomic mass is 35.5. The van der Waals surface area contributed by atoms with Crippen LogP contribution in [0.15, 0.2) is 24.4 Å². The molecule has 1 aromatic heterocycles. The van der Waals surface area contributed by atoms with Crippen molar-refractivity contribution in [3.8, 4) is 0 Å². The normalized spacial score (nSPS) is 19.6. The summed E-state index contributed by atoms with van der Waals surface area (Å²) in [6.07, 6.45) is 5.82. The fourth-order valence-electron chi connectivity index (χ4n) is 2.35. The number of aromatic nitrogens is 1. The van der Waals surface area contributed by atoms with Gasteiger partial charge in [0.05, 0.1) is 0 Å². The molecule has 1 aromatic rings. The Morgan fingerprint density at radius 1 is 1.53 bits per heavy atom. The number of rotatable bonds is 4. The van der Waals surface area contributed by atoms with E-state index in [1.54, 1.807) is 12.3 Å². The summed E-state index contributed by atoms with van der Waals surface area (Å²) in [4.78, 5) is 18.3. The first-order chi connectivity index (χ1) is 8.33. The first-order valence-corrected chi connectivity index (χ1v) is 6.64. The molecule has 1 atom stereocenters. The third-order valence-corrected chi connectivity index (χ3v) is 3.46. The first kappa shape index (κ1) is 12.4. The summed E-state index contributed by atoms with van der Waals surface area (Å²) in [6, 6.07) is 5.80. The Morgan fingerprint density at radius 3 is 3.12 bits per heavy atom. The molecule has 0 aliphatic carbocycles. The molecule has 3 nitrogen and oxygen atoms in total. The smallest absolute Gasteiger partial charge is 0.272 e. The number of alkyl halides is 1. The Labute approximate surface area is 107 Å². The van der Waals surface area contributed by atoms with Gasteiger partial charge < -0.3 is 4.90 Å². The van der Waals surface area contributed by atoms with Crippen LogP contribution in [0.25, 0.3) is 0 Å². The summed E-state index contributed by atoms with van der Waals surface area (Å²) in [5, 5.41) is 0. The van der Waals surface area contributed by atoms with Crippen LogP contribution >= 0.6 is 11.6 Å². The van der Waals surface area contributed by atoms with Gasteiger partial charge in [0.1, 0.15) is 5.69 Å². The molecule has 1 aliphatic rings. The van der Waals surface area contributed by atoms with Gasteiger partial charge in [-0.2, -0.15) is 0 Å². The van der Waals surface area contributed by atoms with Crippen molar-refractivity contribution >= 4 is 17.5 Å². The molecule has 0 saturated carbocycles. The van der Waals surface area contributed by atoms with E-state index in [2.05, 4.69) is 4.98 Å². The average Bonchev–Trinajstić information content (AvgIpc) is 2.84. The highest BCUT2D eigenvalue weighted by molar-refractivity contribution is 6.17. The van der Waals surface area contributed by atoms with Crippen molar-refractivity contribution in [3.63, 3.8) is 0 Å². The van der Waals surface area contributed by atoms with Crippen LogP contribution in [0.4, 0.5) is 0 Å². The van der Waals surface area contributed by atoms with E-state index in [1.165, 1.54) is 0 Å². The van der Waals surface area contributed by atoms with Crippen LogP contribution in [0.3, 0.4) is 0 Å². The van der Waals surface area contributed by atoms with E-state index in [0.29, 0.717) is 17.6 Å². The molecule has 0 N–H and O–H groups in total. The fourth-order valence-corrected chi connectivity index (χ4v) is 2.51. The van der Waals surface area contributed by atoms with E-state index in [0.717, 1.165) is 32.2 Å². The first-order valence-electron chi connectivity index (χ1n) is 6.11. The fraction of sp³-hybridized carbons (Fsp3) is 0.538. The Hall–Kier alpha value is -1.09. The van der Waals surface area contributed by atoms with E-state index in [4.69, 9.17) is 11.6 Å². The zero-order valence-corrected chi connectivity index (χ0v) is 10.6. The molecule has 0 radical (unpaired) electrons. The largest absolute Gasteiger partial charge is 0.334 e. The Morgan fingerprint density at radius 2 is 2.41 bits per heavy atom. The molecule has 1 fully saturated rings. The van der Waals surface area contributed by atoms with Gasteiger partial charge in [-0.25, -0.2) is 0 Å². The lowest BCUT2D eigenvalue weighted by Crippen LogP contribution is -2.36. The van der Waals surface area contributed by atoms with Gasteiger partial charge in [0.2, 0.25) is 0 Å². The SMILES string of the molecule is O=C(c1ccccn1)N1CCCC1CCCCl. The van der Waals surface area contributed by atoms with Crippen molar-refractivity contribution in [2.75, 3.05) is 12.4 Å². The number of carbonyl (C=O) groups is 1. The van der Waals surface area contributed by atoms with Crippen LogP contribution in [0, 0.1) is 0 Å². The van der Waals surface area contributed by atoms with Gasteiger partial charge in [0, 0.05) is 24.7 Å². The molecule has 0 spiro atoms. The van der Waals surface area contributed by atoms with Crippen molar-refractivity contribution in [2.24, 2.45) is 0 Å². The molecule has 1 saturated heterocycles. The molecule has 0 aromatic carbocycles. The maximum Gasteiger partial charge on any atom is 0.272 e. The van der Waals surface area contributed by atoms with Gasteiger partial charge in [-0.15, -0.1) is 11.6 Å². The van der Waals surface area contributed by atoms with E-state index in [-0.39, 0.29) is 5.91 Å². The molecule has 1 unspecified atom stereocenters. The van der Waals surface area contributed by atoms with E-state index in [1.807, 2.05) is 17.0 Å². The molecular formula is C13H17ClN2O. The minimum atomic E-state index is 0.0580. The van der Waals surface area contributed by atoms with Gasteiger partial charge in [-0.1, -0.05) is 6.07 Å². The summed E-state index contributed by atoms with van der Waals surface area (Å²) >= 11 is 5.71. The minimum absolute atomic E-state index is 0.0580. The van der Waals surface area contributed by atoms with Gasteiger partial charge >= 0.3 is 0 Å². The predicted octanol–water partition coefficient (Wildman–Crippen LogP) is 2.71. The Bertz CT molecular complexity index is 369. The van der Waals surface area contributed by atoms with Gasteiger partial charge in [0.25, 0.3) is 5.91 Å². The van der Waals surface area contributed by atoms with Gasteiger partial charge in [0.15, 0.2) is 0 Å². The summed E-state index contributed by atoms with van der Waals surface area (Å²) in [5.41, 5.74) is 0.547. The molecule has 1 amide bonds. The average molecular weight is 253 g/mol. The Balaban J connectivity index is 2.03. The highest BCUT2D eigenvalue weighted by Crippen LogP contribution is 2.23. The third kappa shape index (κ3) is 2.97. The van der Waals surface area contributed by atoms with Crippen molar-refractivity contribution in [1.29, 1.82) is 0 Å². The van der Waals surface area contributed by atoms with Gasteiger partial charge in [-0.3, -0.25) is 9.78 Å². The maximum atomic E-state index is 12.3. The quantitative estimate of drug-likeness (QED) is 0.772. The predicted molar refractivity (Wildman–Crippen MR) is 68.2 cm³/mol. The Kier molecular flexibility index (Phi) is 4.37. The van der Waals surface area contributed by atoms with E-state index < -0.39 is 0 Å². The summed E-state index contributed by atoms with van der Waals surface area (Å²) in [7, 11) is 0. The van der Waals surface area contributed by atoms with Crippen LogP contribution in [0.1, 0.15) is 36.2 Å². The summed E-state index contributed by atoms with van der Waals surface area (Å²) in [6.45, 7) is 0.850. The molecular weight excluding hydrogens is 236 g/mol. The van der Waals surface area contributed by atoms with Gasteiger partial charge in [-0.05, 0) is 37.8 Å². The molecule has 2 rings (SSSR count). The number of hydrogen-bond acceptors (Lipinski definition) is 2. The number of nitrogens with zero attached hydrogens (tertiary/aromatic N) is 2. The van der Waals surface area contributed by atoms with Crippen LogP contribution in [0.5, 0.6) is 0 Å². The minimum Gasteiger partial charge on any atom is -0.334 e. The second-order valence-corrected chi connectivity index (χ2v) is 4.72. The maximum absolute atomic E-state index is 12.3. The lowest BCUT2D eigenvalue weighted by Gasteiger charge is -2.24. The van der Waals surface area contributed by atoms with E-state index in [9.17, 15) is 4.79 Å². The molecule has 1 aliphatic heterocycles. The molecule has 0 bridgehead atoms. The lowest BCUT2D eigenvalue weighted by atomic mass is 10.1. The number of carbonyl (C=O) groups excluding carboxylic acids is 1. The summed E-state index contributed by atoms with van der Waals surface area (Å²) in [5.74, 6) is 0.727. The molecule has 92 valence electrons. The van der Waals surface area contributed by atoms with Crippen LogP contribution in [0.2, 0.25) is 0 Å². The second-order valence-electron chi connectivity index (χ2n) is 4.34. The van der Waals surface area contributed by atoms with Crippen LogP contribution in [-0.4, -0.2) is 34.3 Å². The van der Waals surface area contributed by atoms with Crippen LogP contribution < -0.4 is 0 Å². The zero-order valence-electron chi connectivity index (χ0n) is 9.81. The highest BCUT2D eigenvalue weighted by Gasteiger charge is 2.29. The zero-order chi connectivity index (χ0) is 12.1. The molecule has 4 heteroatoms.